The van der Waals surface area contributed by atoms with E-state index >= 15 is 0 Å². The molecule has 126 valence electrons. The third-order valence-corrected chi connectivity index (χ3v) is 3.40. The predicted octanol–water partition coefficient (Wildman–Crippen LogP) is 4.26. The number of nitrogens with one attached hydrogen (secondary N) is 2. The molecule has 0 fully saturated rings. The minimum absolute atomic E-state index is 0.0358. The summed E-state index contributed by atoms with van der Waals surface area (Å²) >= 11 is 5.87. The molecule has 0 saturated carbocycles. The second-order valence-electron chi connectivity index (χ2n) is 6.33. The van der Waals surface area contributed by atoms with Gasteiger partial charge in [-0.3, -0.25) is 9.59 Å². The highest BCUT2D eigenvalue weighted by Gasteiger charge is 2.17. The molecule has 0 aromatic heterocycles. The summed E-state index contributed by atoms with van der Waals surface area (Å²) in [5.74, 6) is -1.55. The Morgan fingerprint density at radius 3 is 2.17 bits per heavy atom. The molecule has 2 rings (SSSR count). The lowest BCUT2D eigenvalue weighted by atomic mass is 10.1. The van der Waals surface area contributed by atoms with Gasteiger partial charge in [0, 0.05) is 16.8 Å². The monoisotopic (exact) mass is 348 g/mol. The van der Waals surface area contributed by atoms with Crippen LogP contribution < -0.4 is 10.6 Å². The number of anilines is 1. The van der Waals surface area contributed by atoms with Gasteiger partial charge in [0.1, 0.15) is 5.82 Å². The molecule has 4 nitrogen and oxygen atoms in total. The molecule has 2 N–H and O–H groups in total. The van der Waals surface area contributed by atoms with Crippen LogP contribution in [0, 0.1) is 5.82 Å². The third kappa shape index (κ3) is 4.55. The number of hydrogen-bond donors (Lipinski definition) is 2. The second-order valence-corrected chi connectivity index (χ2v) is 6.74. The molecule has 0 aliphatic heterocycles. The highest BCUT2D eigenvalue weighted by atomic mass is 35.5. The number of hydrogen-bond acceptors (Lipinski definition) is 2. The first-order valence-electron chi connectivity index (χ1n) is 7.35. The Balaban J connectivity index is 2.12. The lowest BCUT2D eigenvalue weighted by Crippen LogP contribution is -2.40. The zero-order valence-electron chi connectivity index (χ0n) is 13.6. The summed E-state index contributed by atoms with van der Waals surface area (Å²) in [6.45, 7) is 5.66. The molecular formula is C18H18ClFN2O2. The van der Waals surface area contributed by atoms with Gasteiger partial charge in [0.2, 0.25) is 0 Å². The fraction of sp³-hybridized carbons (Fsp3) is 0.222. The molecule has 0 bridgehead atoms. The maximum atomic E-state index is 13.7. The van der Waals surface area contributed by atoms with Crippen molar-refractivity contribution < 1.29 is 14.0 Å². The minimum atomic E-state index is -0.693. The highest BCUT2D eigenvalue weighted by Crippen LogP contribution is 2.21. The van der Waals surface area contributed by atoms with E-state index in [0.717, 1.165) is 0 Å². The van der Waals surface area contributed by atoms with Crippen LogP contribution in [0.5, 0.6) is 0 Å². The molecule has 0 aliphatic rings. The fourth-order valence-electron chi connectivity index (χ4n) is 2.03. The Bertz CT molecular complexity index is 747. The summed E-state index contributed by atoms with van der Waals surface area (Å²) in [5, 5.41) is 5.44. The SMILES string of the molecule is CC(C)(C)NC(=O)c1ccc(NC(=O)c2c(F)cccc2Cl)cc1. The van der Waals surface area contributed by atoms with Crippen molar-refractivity contribution in [1.82, 2.24) is 5.32 Å². The van der Waals surface area contributed by atoms with Crippen molar-refractivity contribution in [1.29, 1.82) is 0 Å². The van der Waals surface area contributed by atoms with E-state index in [1.54, 1.807) is 24.3 Å². The summed E-state index contributed by atoms with van der Waals surface area (Å²) in [4.78, 5) is 24.2. The highest BCUT2D eigenvalue weighted by molar-refractivity contribution is 6.34. The van der Waals surface area contributed by atoms with Crippen molar-refractivity contribution in [2.45, 2.75) is 26.3 Å². The van der Waals surface area contributed by atoms with Crippen molar-refractivity contribution in [3.05, 3.63) is 64.4 Å². The molecule has 0 atom stereocenters. The van der Waals surface area contributed by atoms with Crippen LogP contribution in [0.1, 0.15) is 41.5 Å². The first-order valence-corrected chi connectivity index (χ1v) is 7.73. The zero-order valence-corrected chi connectivity index (χ0v) is 14.4. The van der Waals surface area contributed by atoms with Crippen LogP contribution in [0.2, 0.25) is 5.02 Å². The van der Waals surface area contributed by atoms with Crippen LogP contribution >= 0.6 is 11.6 Å². The lowest BCUT2D eigenvalue weighted by Gasteiger charge is -2.20. The Morgan fingerprint density at radius 1 is 1.00 bits per heavy atom. The number of amides is 2. The van der Waals surface area contributed by atoms with E-state index in [2.05, 4.69) is 10.6 Å². The van der Waals surface area contributed by atoms with E-state index in [1.807, 2.05) is 20.8 Å². The summed E-state index contributed by atoms with van der Waals surface area (Å²) < 4.78 is 13.7. The van der Waals surface area contributed by atoms with E-state index < -0.39 is 11.7 Å². The first-order chi connectivity index (χ1) is 11.2. The van der Waals surface area contributed by atoms with Crippen molar-refractivity contribution in [3.63, 3.8) is 0 Å². The quantitative estimate of drug-likeness (QED) is 0.870. The van der Waals surface area contributed by atoms with E-state index in [-0.39, 0.29) is 22.0 Å². The topological polar surface area (TPSA) is 58.2 Å². The van der Waals surface area contributed by atoms with Crippen molar-refractivity contribution in [3.8, 4) is 0 Å². The molecule has 0 aliphatic carbocycles. The molecule has 0 unspecified atom stereocenters. The Morgan fingerprint density at radius 2 is 1.62 bits per heavy atom. The molecule has 2 aromatic rings. The average molecular weight is 349 g/mol. The molecule has 2 aromatic carbocycles. The van der Waals surface area contributed by atoms with Gasteiger partial charge in [-0.1, -0.05) is 17.7 Å². The number of halogens is 2. The fourth-order valence-corrected chi connectivity index (χ4v) is 2.27. The van der Waals surface area contributed by atoms with Crippen LogP contribution in [0.15, 0.2) is 42.5 Å². The largest absolute Gasteiger partial charge is 0.347 e. The molecule has 2 amide bonds. The number of carbonyl (C=O) groups is 2. The zero-order chi connectivity index (χ0) is 17.9. The molecule has 6 heteroatoms. The van der Waals surface area contributed by atoms with Gasteiger partial charge in [-0.05, 0) is 57.2 Å². The maximum absolute atomic E-state index is 13.7. The minimum Gasteiger partial charge on any atom is -0.347 e. The normalized spacial score (nSPS) is 11.0. The second kappa shape index (κ2) is 7.01. The van der Waals surface area contributed by atoms with E-state index in [1.165, 1.54) is 18.2 Å². The van der Waals surface area contributed by atoms with Crippen LogP contribution in [0.25, 0.3) is 0 Å². The van der Waals surface area contributed by atoms with E-state index in [0.29, 0.717) is 11.3 Å². The lowest BCUT2D eigenvalue weighted by molar-refractivity contribution is 0.0919. The Labute approximate surface area is 145 Å². The number of carbonyl (C=O) groups excluding carboxylic acids is 2. The Hall–Kier alpha value is -2.40. The molecule has 0 radical (unpaired) electrons. The van der Waals surface area contributed by atoms with Crippen molar-refractivity contribution in [2.24, 2.45) is 0 Å². The van der Waals surface area contributed by atoms with E-state index in [4.69, 9.17) is 11.6 Å². The third-order valence-electron chi connectivity index (χ3n) is 3.08. The van der Waals surface area contributed by atoms with Gasteiger partial charge in [0.15, 0.2) is 0 Å². The van der Waals surface area contributed by atoms with Crippen LogP contribution in [-0.2, 0) is 0 Å². The predicted molar refractivity (Wildman–Crippen MR) is 93.0 cm³/mol. The number of benzene rings is 2. The average Bonchev–Trinajstić information content (AvgIpc) is 2.46. The standard InChI is InChI=1S/C18H18ClFN2O2/c1-18(2,3)22-16(23)11-7-9-12(10-8-11)21-17(24)15-13(19)5-4-6-14(15)20/h4-10H,1-3H3,(H,21,24)(H,22,23). The Kier molecular flexibility index (Phi) is 5.24. The van der Waals surface area contributed by atoms with Gasteiger partial charge in [-0.25, -0.2) is 4.39 Å². The number of rotatable bonds is 3. The van der Waals surface area contributed by atoms with Crippen molar-refractivity contribution in [2.75, 3.05) is 5.32 Å². The summed E-state index contributed by atoms with van der Waals surface area (Å²) in [7, 11) is 0. The van der Waals surface area contributed by atoms with Gasteiger partial charge < -0.3 is 10.6 Å². The first kappa shape index (κ1) is 17.9. The molecule has 0 saturated heterocycles. The summed E-state index contributed by atoms with van der Waals surface area (Å²) in [6.07, 6.45) is 0. The van der Waals surface area contributed by atoms with Crippen LogP contribution in [0.4, 0.5) is 10.1 Å². The molecule has 24 heavy (non-hydrogen) atoms. The maximum Gasteiger partial charge on any atom is 0.260 e. The van der Waals surface area contributed by atoms with Crippen LogP contribution in [0.3, 0.4) is 0 Å². The van der Waals surface area contributed by atoms with E-state index in [9.17, 15) is 14.0 Å². The molecular weight excluding hydrogens is 331 g/mol. The van der Waals surface area contributed by atoms with Gasteiger partial charge in [0.05, 0.1) is 10.6 Å². The van der Waals surface area contributed by atoms with Gasteiger partial charge >= 0.3 is 0 Å². The van der Waals surface area contributed by atoms with Gasteiger partial charge in [0.25, 0.3) is 11.8 Å². The smallest absolute Gasteiger partial charge is 0.260 e. The summed E-state index contributed by atoms with van der Waals surface area (Å²) in [5.41, 5.74) is 0.346. The van der Waals surface area contributed by atoms with Gasteiger partial charge in [-0.15, -0.1) is 0 Å². The van der Waals surface area contributed by atoms with Crippen molar-refractivity contribution >= 4 is 29.1 Å². The van der Waals surface area contributed by atoms with Gasteiger partial charge in [-0.2, -0.15) is 0 Å². The van der Waals surface area contributed by atoms with Crippen LogP contribution in [-0.4, -0.2) is 17.4 Å². The molecule has 0 heterocycles. The molecule has 0 spiro atoms. The summed E-state index contributed by atoms with van der Waals surface area (Å²) in [6, 6.07) is 10.4.